The smallest absolute Gasteiger partial charge is 0.410 e. The average molecular weight is 583 g/mol. The first-order valence-electron chi connectivity index (χ1n) is 14.9. The van der Waals surface area contributed by atoms with E-state index in [1.807, 2.05) is 84.0 Å². The molecule has 0 atom stereocenters. The minimum atomic E-state index is -0.539. The highest BCUT2D eigenvalue weighted by Crippen LogP contribution is 2.19. The lowest BCUT2D eigenvalue weighted by atomic mass is 10.1. The summed E-state index contributed by atoms with van der Waals surface area (Å²) in [5, 5.41) is 3.37. The minimum absolute atomic E-state index is 0.332. The molecule has 0 fully saturated rings. The van der Waals surface area contributed by atoms with Gasteiger partial charge in [0.2, 0.25) is 0 Å². The zero-order valence-electron chi connectivity index (χ0n) is 26.7. The quantitative estimate of drug-likeness (QED) is 0.142. The van der Waals surface area contributed by atoms with Gasteiger partial charge in [-0.05, 0) is 76.1 Å². The summed E-state index contributed by atoms with van der Waals surface area (Å²) in [5.74, 6) is 8.15. The largest absolute Gasteiger partial charge is 0.444 e. The van der Waals surface area contributed by atoms with Crippen LogP contribution >= 0.6 is 0 Å². The van der Waals surface area contributed by atoms with Crippen molar-refractivity contribution in [1.29, 1.82) is 0 Å². The van der Waals surface area contributed by atoms with Gasteiger partial charge < -0.3 is 24.9 Å². The highest BCUT2D eigenvalue weighted by atomic mass is 16.6. The molecule has 8 nitrogen and oxygen atoms in total. The number of rotatable bonds is 9. The number of imidazole rings is 2. The van der Waals surface area contributed by atoms with E-state index >= 15 is 0 Å². The molecule has 4 rings (SSSR count). The van der Waals surface area contributed by atoms with Crippen LogP contribution in [0.4, 0.5) is 4.79 Å². The first-order chi connectivity index (χ1) is 20.7. The second-order valence-electron chi connectivity index (χ2n) is 10.6. The van der Waals surface area contributed by atoms with Gasteiger partial charge in [0.25, 0.3) is 0 Å². The molecular formula is C35H46N6O2. The fourth-order valence-corrected chi connectivity index (χ4v) is 4.09. The minimum Gasteiger partial charge on any atom is -0.444 e. The van der Waals surface area contributed by atoms with Gasteiger partial charge in [-0.2, -0.15) is 0 Å². The molecule has 0 radical (unpaired) electrons. The lowest BCUT2D eigenvalue weighted by molar-refractivity contribution is 0.0229. The van der Waals surface area contributed by atoms with Crippen LogP contribution < -0.4 is 5.32 Å². The summed E-state index contributed by atoms with van der Waals surface area (Å²) in [4.78, 5) is 30.1. The van der Waals surface area contributed by atoms with E-state index in [1.165, 1.54) is 0 Å². The molecular weight excluding hydrogens is 536 g/mol. The average Bonchev–Trinajstić information content (AvgIpc) is 3.64. The Morgan fingerprint density at radius 2 is 1.65 bits per heavy atom. The molecule has 8 heteroatoms. The van der Waals surface area contributed by atoms with Crippen molar-refractivity contribution in [2.75, 3.05) is 13.1 Å². The van der Waals surface area contributed by atoms with Crippen molar-refractivity contribution in [1.82, 2.24) is 30.2 Å². The molecule has 0 bridgehead atoms. The number of benzene rings is 2. The maximum absolute atomic E-state index is 12.6. The summed E-state index contributed by atoms with van der Waals surface area (Å²) in [7, 11) is 0. The van der Waals surface area contributed by atoms with Gasteiger partial charge in [-0.1, -0.05) is 51.7 Å². The normalized spacial score (nSPS) is 10.4. The molecule has 0 unspecified atom stereocenters. The SMILES string of the molecule is C#C.CC.CCCNCc1nc2ccc(C#Cc3ccc(-c4cnc(CN(CCC)C(=O)OC(C)(C)C)[nH]4)cc3)cc2[nH]1. The lowest BCUT2D eigenvalue weighted by Crippen LogP contribution is -2.37. The van der Waals surface area contributed by atoms with Gasteiger partial charge in [0.15, 0.2) is 0 Å². The number of terminal acetylenes is 1. The number of nitrogens with one attached hydrogen (secondary N) is 3. The van der Waals surface area contributed by atoms with Gasteiger partial charge in [-0.25, -0.2) is 14.8 Å². The molecule has 0 aliphatic heterocycles. The summed E-state index contributed by atoms with van der Waals surface area (Å²) in [6.07, 6.45) is 11.4. The Morgan fingerprint density at radius 1 is 0.977 bits per heavy atom. The molecule has 2 aromatic carbocycles. The van der Waals surface area contributed by atoms with E-state index in [-0.39, 0.29) is 6.09 Å². The number of ether oxygens (including phenoxy) is 1. The third-order valence-electron chi connectivity index (χ3n) is 5.91. The van der Waals surface area contributed by atoms with Crippen LogP contribution in [0, 0.1) is 24.7 Å². The topological polar surface area (TPSA) is 98.9 Å². The predicted molar refractivity (Wildman–Crippen MR) is 176 cm³/mol. The van der Waals surface area contributed by atoms with Crippen LogP contribution in [0.1, 0.15) is 84.1 Å². The highest BCUT2D eigenvalue weighted by Gasteiger charge is 2.22. The zero-order valence-corrected chi connectivity index (χ0v) is 26.7. The van der Waals surface area contributed by atoms with E-state index in [9.17, 15) is 4.79 Å². The van der Waals surface area contributed by atoms with Crippen molar-refractivity contribution in [3.8, 4) is 35.9 Å². The number of fused-ring (bicyclic) bond motifs is 1. The zero-order chi connectivity index (χ0) is 31.8. The molecule has 1 amide bonds. The summed E-state index contributed by atoms with van der Waals surface area (Å²) < 4.78 is 5.55. The predicted octanol–water partition coefficient (Wildman–Crippen LogP) is 7.28. The number of nitrogens with zero attached hydrogens (tertiary/aromatic N) is 3. The van der Waals surface area contributed by atoms with Crippen LogP contribution in [0.15, 0.2) is 48.7 Å². The third kappa shape index (κ3) is 11.0. The van der Waals surface area contributed by atoms with Crippen molar-refractivity contribution < 1.29 is 9.53 Å². The van der Waals surface area contributed by atoms with E-state index in [2.05, 4.69) is 56.9 Å². The molecule has 2 aromatic heterocycles. The fraction of sp³-hybridized carbons (Fsp3) is 0.400. The van der Waals surface area contributed by atoms with Gasteiger partial charge in [-0.3, -0.25) is 0 Å². The van der Waals surface area contributed by atoms with Crippen molar-refractivity contribution in [3.05, 3.63) is 71.4 Å². The maximum atomic E-state index is 12.6. The second kappa shape index (κ2) is 17.4. The van der Waals surface area contributed by atoms with Crippen LogP contribution in [0.25, 0.3) is 22.3 Å². The highest BCUT2D eigenvalue weighted by molar-refractivity contribution is 5.77. The molecule has 4 aromatic rings. The van der Waals surface area contributed by atoms with Gasteiger partial charge in [0.05, 0.1) is 36.0 Å². The van der Waals surface area contributed by atoms with Crippen molar-refractivity contribution in [2.45, 2.75) is 80.0 Å². The van der Waals surface area contributed by atoms with E-state index in [1.54, 1.807) is 11.1 Å². The number of carbonyl (C=O) groups excluding carboxylic acids is 1. The molecule has 0 saturated heterocycles. The van der Waals surface area contributed by atoms with Crippen LogP contribution in [0.3, 0.4) is 0 Å². The van der Waals surface area contributed by atoms with E-state index in [0.29, 0.717) is 18.9 Å². The maximum Gasteiger partial charge on any atom is 0.410 e. The van der Waals surface area contributed by atoms with Gasteiger partial charge in [0, 0.05) is 17.7 Å². The molecule has 0 aliphatic rings. The molecule has 0 spiro atoms. The number of carbonyl (C=O) groups is 1. The lowest BCUT2D eigenvalue weighted by Gasteiger charge is -2.26. The Hall–Kier alpha value is -4.53. The van der Waals surface area contributed by atoms with Gasteiger partial charge in [-0.15, -0.1) is 12.8 Å². The molecule has 0 aliphatic carbocycles. The Morgan fingerprint density at radius 3 is 2.30 bits per heavy atom. The first-order valence-corrected chi connectivity index (χ1v) is 14.9. The summed E-state index contributed by atoms with van der Waals surface area (Å²) >= 11 is 0. The number of hydrogen-bond donors (Lipinski definition) is 3. The monoisotopic (exact) mass is 582 g/mol. The summed E-state index contributed by atoms with van der Waals surface area (Å²) in [6, 6.07) is 14.1. The first kappa shape index (κ1) is 34.7. The Bertz CT molecular complexity index is 1500. The molecule has 2 heterocycles. The molecule has 228 valence electrons. The van der Waals surface area contributed by atoms with Gasteiger partial charge in [0.1, 0.15) is 17.2 Å². The van der Waals surface area contributed by atoms with E-state index in [4.69, 9.17) is 4.74 Å². The van der Waals surface area contributed by atoms with Gasteiger partial charge >= 0.3 is 6.09 Å². The van der Waals surface area contributed by atoms with Crippen LogP contribution in [-0.2, 0) is 17.8 Å². The van der Waals surface area contributed by atoms with Crippen molar-refractivity contribution in [3.63, 3.8) is 0 Å². The number of H-pyrrole nitrogens is 2. The number of aromatic nitrogens is 4. The molecule has 43 heavy (non-hydrogen) atoms. The second-order valence-corrected chi connectivity index (χ2v) is 10.6. The van der Waals surface area contributed by atoms with Crippen LogP contribution in [-0.4, -0.2) is 49.6 Å². The summed E-state index contributed by atoms with van der Waals surface area (Å²) in [5.41, 5.74) is 5.14. The number of aromatic amines is 2. The Labute approximate surface area is 257 Å². The molecule has 3 N–H and O–H groups in total. The van der Waals surface area contributed by atoms with Crippen LogP contribution in [0.2, 0.25) is 0 Å². The van der Waals surface area contributed by atoms with Crippen molar-refractivity contribution in [2.24, 2.45) is 0 Å². The Kier molecular flexibility index (Phi) is 14.1. The summed E-state index contributed by atoms with van der Waals surface area (Å²) in [6.45, 7) is 16.5. The number of hydrogen-bond acceptors (Lipinski definition) is 5. The third-order valence-corrected chi connectivity index (χ3v) is 5.91. The van der Waals surface area contributed by atoms with E-state index < -0.39 is 5.60 Å². The van der Waals surface area contributed by atoms with Crippen molar-refractivity contribution >= 4 is 17.1 Å². The fourth-order valence-electron chi connectivity index (χ4n) is 4.09. The Balaban J connectivity index is 0.00000155. The van der Waals surface area contributed by atoms with Crippen LogP contribution in [0.5, 0.6) is 0 Å². The molecule has 0 saturated carbocycles. The number of amides is 1. The van der Waals surface area contributed by atoms with E-state index in [0.717, 1.165) is 65.2 Å². The standard InChI is InChI=1S/C31H38N6O2.C2H6.C2H2/c1-6-16-32-20-28-34-25-15-12-23(18-26(25)35-28)9-8-22-10-13-24(14-11-22)27-19-33-29(36-27)21-37(17-7-2)30(38)39-31(3,4)5;2*1-2/h10-15,18-19,32H,6-7,16-17,20-21H2,1-5H3,(H,33,36)(H,34,35);1-2H3;1-2H.